The summed E-state index contributed by atoms with van der Waals surface area (Å²) in [6.07, 6.45) is 7.88. The molecule has 1 atom stereocenters. The van der Waals surface area contributed by atoms with E-state index in [1.54, 1.807) is 18.6 Å². The van der Waals surface area contributed by atoms with E-state index in [4.69, 9.17) is 4.98 Å². The molecule has 5 nitrogen and oxygen atoms in total. The summed E-state index contributed by atoms with van der Waals surface area (Å²) in [4.78, 5) is 15.8. The second kappa shape index (κ2) is 8.22. The van der Waals surface area contributed by atoms with Crippen LogP contribution in [0, 0.1) is 24.7 Å². The van der Waals surface area contributed by atoms with Crippen molar-refractivity contribution in [1.82, 2.24) is 19.9 Å². The summed E-state index contributed by atoms with van der Waals surface area (Å²) in [6, 6.07) is 12.5. The molecule has 0 saturated carbocycles. The summed E-state index contributed by atoms with van der Waals surface area (Å²) in [5.74, 6) is 6.76. The van der Waals surface area contributed by atoms with Gasteiger partial charge in [0.15, 0.2) is 0 Å². The quantitative estimate of drug-likeness (QED) is 0.672. The lowest BCUT2D eigenvalue weighted by atomic mass is 9.76. The molecule has 3 aliphatic heterocycles. The Morgan fingerprint density at radius 3 is 2.65 bits per heavy atom. The maximum absolute atomic E-state index is 11.2. The number of pyridine rings is 1. The van der Waals surface area contributed by atoms with Crippen LogP contribution in [-0.4, -0.2) is 50.2 Å². The largest absolute Gasteiger partial charge is 0.376 e. The monoisotopic (exact) mass is 410 g/mol. The third-order valence-electron chi connectivity index (χ3n) is 6.49. The van der Waals surface area contributed by atoms with Crippen LogP contribution >= 0.6 is 0 Å². The molecular formula is C26H26N4O. The molecule has 6 rings (SSSR count). The third-order valence-corrected chi connectivity index (χ3v) is 6.49. The van der Waals surface area contributed by atoms with E-state index in [0.29, 0.717) is 6.54 Å². The Kier molecular flexibility index (Phi) is 5.27. The zero-order chi connectivity index (χ0) is 21.3. The average molecular weight is 411 g/mol. The van der Waals surface area contributed by atoms with Crippen LogP contribution in [0.2, 0.25) is 0 Å². The normalized spacial score (nSPS) is 24.5. The minimum absolute atomic E-state index is 0.252. The Labute approximate surface area is 183 Å². The molecule has 0 radical (unpaired) electrons. The van der Waals surface area contributed by atoms with Crippen LogP contribution in [0.4, 0.5) is 0 Å². The molecule has 0 aliphatic carbocycles. The zero-order valence-electron chi connectivity index (χ0n) is 17.8. The molecule has 1 N–H and O–H groups in total. The van der Waals surface area contributed by atoms with Crippen LogP contribution in [0.5, 0.6) is 0 Å². The first-order chi connectivity index (χ1) is 15.1. The molecule has 3 aromatic rings. The first-order valence-electron chi connectivity index (χ1n) is 10.9. The Bertz CT molecular complexity index is 1130. The Morgan fingerprint density at radius 1 is 1.16 bits per heavy atom. The van der Waals surface area contributed by atoms with Gasteiger partial charge in [0, 0.05) is 42.5 Å². The smallest absolute Gasteiger partial charge is 0.141 e. The number of aryl methyl sites for hydroxylation is 1. The van der Waals surface area contributed by atoms with Crippen LogP contribution < -0.4 is 0 Å². The first-order valence-corrected chi connectivity index (χ1v) is 10.9. The van der Waals surface area contributed by atoms with Crippen molar-refractivity contribution in [3.05, 3.63) is 77.5 Å². The zero-order valence-corrected chi connectivity index (χ0v) is 17.8. The molecule has 31 heavy (non-hydrogen) atoms. The Balaban J connectivity index is 1.56. The lowest BCUT2D eigenvalue weighted by Gasteiger charge is -2.47. The fraction of sp³-hybridized carbons (Fsp3) is 0.346. The van der Waals surface area contributed by atoms with Crippen LogP contribution in [0.25, 0.3) is 11.3 Å². The van der Waals surface area contributed by atoms with Gasteiger partial charge in [-0.1, -0.05) is 36.3 Å². The van der Waals surface area contributed by atoms with Gasteiger partial charge in [-0.15, -0.1) is 0 Å². The van der Waals surface area contributed by atoms with Gasteiger partial charge in [-0.25, -0.2) is 4.98 Å². The van der Waals surface area contributed by atoms with E-state index in [-0.39, 0.29) is 5.92 Å². The molecule has 2 aromatic heterocycles. The number of fused-ring (bicyclic) bond motifs is 3. The highest BCUT2D eigenvalue weighted by Crippen LogP contribution is 2.35. The van der Waals surface area contributed by atoms with Gasteiger partial charge in [-0.05, 0) is 56.0 Å². The standard InChI is InChI=1S/C26H26N4O/c1-19-23(25-17-27-11-12-28-25)16-21(15-20-5-3-2-4-6-20)24(29-19)7-10-26(31)18-30-13-8-22(26)9-14-30/h2-6,11-12,16-17,22,31H,8-9,13-15,18H2,1H3. The Morgan fingerprint density at radius 2 is 1.97 bits per heavy atom. The van der Waals surface area contributed by atoms with Crippen molar-refractivity contribution < 1.29 is 5.11 Å². The number of piperidine rings is 3. The van der Waals surface area contributed by atoms with Crippen LogP contribution in [-0.2, 0) is 6.42 Å². The summed E-state index contributed by atoms with van der Waals surface area (Å²) in [6.45, 7) is 4.75. The summed E-state index contributed by atoms with van der Waals surface area (Å²) in [5.41, 5.74) is 4.65. The fourth-order valence-electron chi connectivity index (χ4n) is 4.75. The van der Waals surface area contributed by atoms with Crippen LogP contribution in [0.1, 0.15) is 35.4 Å². The second-order valence-corrected chi connectivity index (χ2v) is 8.61. The number of nitrogens with zero attached hydrogens (tertiary/aromatic N) is 4. The molecule has 5 heteroatoms. The van der Waals surface area contributed by atoms with E-state index < -0.39 is 5.60 Å². The van der Waals surface area contributed by atoms with Gasteiger partial charge in [0.2, 0.25) is 0 Å². The van der Waals surface area contributed by atoms with Crippen molar-refractivity contribution in [3.63, 3.8) is 0 Å². The van der Waals surface area contributed by atoms with Gasteiger partial charge in [-0.2, -0.15) is 0 Å². The molecule has 1 aromatic carbocycles. The maximum Gasteiger partial charge on any atom is 0.141 e. The number of aliphatic hydroxyl groups is 1. The summed E-state index contributed by atoms with van der Waals surface area (Å²) in [5, 5.41) is 11.2. The van der Waals surface area contributed by atoms with E-state index in [1.165, 1.54) is 5.56 Å². The molecular weight excluding hydrogens is 384 g/mol. The lowest BCUT2D eigenvalue weighted by Crippen LogP contribution is -2.58. The summed E-state index contributed by atoms with van der Waals surface area (Å²) in [7, 11) is 0. The maximum atomic E-state index is 11.2. The summed E-state index contributed by atoms with van der Waals surface area (Å²) >= 11 is 0. The average Bonchev–Trinajstić information content (AvgIpc) is 2.81. The van der Waals surface area contributed by atoms with Crippen molar-refractivity contribution in [2.75, 3.05) is 19.6 Å². The predicted molar refractivity (Wildman–Crippen MR) is 120 cm³/mol. The molecule has 2 bridgehead atoms. The molecule has 0 amide bonds. The van der Waals surface area contributed by atoms with Gasteiger partial charge >= 0.3 is 0 Å². The van der Waals surface area contributed by atoms with Crippen molar-refractivity contribution in [1.29, 1.82) is 0 Å². The van der Waals surface area contributed by atoms with Gasteiger partial charge in [-0.3, -0.25) is 14.9 Å². The topological polar surface area (TPSA) is 62.1 Å². The van der Waals surface area contributed by atoms with E-state index in [0.717, 1.165) is 60.6 Å². The summed E-state index contributed by atoms with van der Waals surface area (Å²) < 4.78 is 0. The van der Waals surface area contributed by atoms with E-state index in [2.05, 4.69) is 44.9 Å². The molecule has 1 unspecified atom stereocenters. The second-order valence-electron chi connectivity index (χ2n) is 8.61. The van der Waals surface area contributed by atoms with Crippen molar-refractivity contribution >= 4 is 0 Å². The predicted octanol–water partition coefficient (Wildman–Crippen LogP) is 3.25. The highest BCUT2D eigenvalue weighted by Gasteiger charge is 2.44. The molecule has 3 saturated heterocycles. The lowest BCUT2D eigenvalue weighted by molar-refractivity contribution is -0.0713. The van der Waals surface area contributed by atoms with Gasteiger partial charge < -0.3 is 5.11 Å². The van der Waals surface area contributed by atoms with Crippen LogP contribution in [0.3, 0.4) is 0 Å². The molecule has 3 aliphatic rings. The van der Waals surface area contributed by atoms with E-state index >= 15 is 0 Å². The number of rotatable bonds is 3. The van der Waals surface area contributed by atoms with Crippen molar-refractivity contribution in [2.45, 2.75) is 31.8 Å². The van der Waals surface area contributed by atoms with E-state index in [1.807, 2.05) is 25.1 Å². The molecule has 5 heterocycles. The Hall–Kier alpha value is -3.07. The minimum Gasteiger partial charge on any atom is -0.376 e. The van der Waals surface area contributed by atoms with Crippen molar-refractivity contribution in [2.24, 2.45) is 5.92 Å². The van der Waals surface area contributed by atoms with Gasteiger partial charge in [0.05, 0.1) is 11.9 Å². The van der Waals surface area contributed by atoms with Gasteiger partial charge in [0.25, 0.3) is 0 Å². The third kappa shape index (κ3) is 4.10. The first kappa shape index (κ1) is 19.9. The van der Waals surface area contributed by atoms with Crippen molar-refractivity contribution in [3.8, 4) is 23.1 Å². The van der Waals surface area contributed by atoms with Crippen LogP contribution in [0.15, 0.2) is 55.0 Å². The number of aromatic nitrogens is 3. The molecule has 0 spiro atoms. The number of hydrogen-bond donors (Lipinski definition) is 1. The number of hydrogen-bond acceptors (Lipinski definition) is 5. The highest BCUT2D eigenvalue weighted by atomic mass is 16.3. The molecule has 156 valence electrons. The molecule has 3 fully saturated rings. The highest BCUT2D eigenvalue weighted by molar-refractivity contribution is 5.63. The van der Waals surface area contributed by atoms with E-state index in [9.17, 15) is 5.11 Å². The van der Waals surface area contributed by atoms with Gasteiger partial charge in [0.1, 0.15) is 11.3 Å². The number of benzene rings is 1. The minimum atomic E-state index is -0.945. The SMILES string of the molecule is Cc1nc(C#CC2(O)CN3CCC2CC3)c(Cc2ccccc2)cc1-c1cnccn1. The fourth-order valence-corrected chi connectivity index (χ4v) is 4.75.